The third-order valence-electron chi connectivity index (χ3n) is 6.42. The lowest BCUT2D eigenvalue weighted by Gasteiger charge is -2.31. The van der Waals surface area contributed by atoms with E-state index in [-0.39, 0.29) is 17.5 Å². The fourth-order valence-corrected chi connectivity index (χ4v) is 5.40. The van der Waals surface area contributed by atoms with E-state index in [4.69, 9.17) is 19.3 Å². The van der Waals surface area contributed by atoms with Crippen LogP contribution in [0, 0.1) is 0 Å². The first kappa shape index (κ1) is 28.5. The maximum atomic E-state index is 13.1. The van der Waals surface area contributed by atoms with E-state index < -0.39 is 22.7 Å². The highest BCUT2D eigenvalue weighted by Gasteiger charge is 2.31. The molecular weight excluding hydrogens is 528 g/mol. The van der Waals surface area contributed by atoms with Crippen molar-refractivity contribution in [3.05, 3.63) is 82.9 Å². The zero-order valence-corrected chi connectivity index (χ0v) is 22.4. The first-order chi connectivity index (χ1) is 18.6. The molecular formula is C29H31F2NO6S. The second-order valence-electron chi connectivity index (χ2n) is 9.34. The zero-order valence-electron chi connectivity index (χ0n) is 21.6. The number of primary sulfonamides is 1. The molecule has 0 spiro atoms. The van der Waals surface area contributed by atoms with Gasteiger partial charge in [-0.25, -0.2) is 13.6 Å². The van der Waals surface area contributed by atoms with Gasteiger partial charge in [-0.2, -0.15) is 8.78 Å². The average Bonchev–Trinajstić information content (AvgIpc) is 2.87. The number of carbonyl (C=O) groups is 1. The zero-order chi connectivity index (χ0) is 28.0. The van der Waals surface area contributed by atoms with Gasteiger partial charge in [-0.15, -0.1) is 0 Å². The third kappa shape index (κ3) is 7.54. The Bertz CT molecular complexity index is 1410. The number of rotatable bonds is 12. The van der Waals surface area contributed by atoms with Gasteiger partial charge in [-0.1, -0.05) is 55.0 Å². The monoisotopic (exact) mass is 559 g/mol. The summed E-state index contributed by atoms with van der Waals surface area (Å²) >= 11 is 0. The quantitative estimate of drug-likeness (QED) is 0.219. The summed E-state index contributed by atoms with van der Waals surface area (Å²) in [5.74, 6) is -0.184. The Kier molecular flexibility index (Phi) is 9.19. The maximum Gasteiger partial charge on any atom is 0.387 e. The molecule has 0 bridgehead atoms. The molecule has 39 heavy (non-hydrogen) atoms. The van der Waals surface area contributed by atoms with Crippen molar-refractivity contribution >= 4 is 16.0 Å². The van der Waals surface area contributed by atoms with Crippen LogP contribution in [0.5, 0.6) is 11.5 Å². The van der Waals surface area contributed by atoms with Crippen LogP contribution >= 0.6 is 0 Å². The van der Waals surface area contributed by atoms with Crippen molar-refractivity contribution < 1.29 is 36.2 Å². The molecule has 1 aliphatic rings. The summed E-state index contributed by atoms with van der Waals surface area (Å²) in [6, 6.07) is 17.6. The lowest BCUT2D eigenvalue weighted by Crippen LogP contribution is -2.18. The molecule has 3 aromatic carbocycles. The van der Waals surface area contributed by atoms with Crippen molar-refractivity contribution in [3.8, 4) is 22.6 Å². The molecule has 1 atom stereocenters. The Labute approximate surface area is 226 Å². The summed E-state index contributed by atoms with van der Waals surface area (Å²) < 4.78 is 65.8. The minimum absolute atomic E-state index is 0.0281. The molecule has 7 nitrogen and oxygen atoms in total. The van der Waals surface area contributed by atoms with E-state index in [1.54, 1.807) is 37.3 Å². The van der Waals surface area contributed by atoms with Gasteiger partial charge < -0.3 is 14.2 Å². The van der Waals surface area contributed by atoms with Crippen molar-refractivity contribution in [3.63, 3.8) is 0 Å². The molecule has 10 heteroatoms. The van der Waals surface area contributed by atoms with Crippen LogP contribution in [0.2, 0.25) is 0 Å². The number of unbranched alkanes of at least 4 members (excludes halogenated alkanes) is 2. The van der Waals surface area contributed by atoms with Crippen LogP contribution in [0.1, 0.15) is 61.0 Å². The second-order valence-corrected chi connectivity index (χ2v) is 11.0. The number of carbonyl (C=O) groups excluding carboxylic acids is 1. The lowest BCUT2D eigenvalue weighted by atomic mass is 9.87. The van der Waals surface area contributed by atoms with Crippen LogP contribution < -0.4 is 14.6 Å². The molecule has 0 radical (unpaired) electrons. The van der Waals surface area contributed by atoms with Gasteiger partial charge in [0.05, 0.1) is 17.9 Å². The normalized spacial score (nSPS) is 14.3. The van der Waals surface area contributed by atoms with Crippen LogP contribution in [0.15, 0.2) is 60.7 Å². The number of esters is 1. The summed E-state index contributed by atoms with van der Waals surface area (Å²) in [4.78, 5) is 11.5. The molecule has 208 valence electrons. The van der Waals surface area contributed by atoms with Gasteiger partial charge in [0.25, 0.3) is 0 Å². The average molecular weight is 560 g/mol. The van der Waals surface area contributed by atoms with Gasteiger partial charge in [0.15, 0.2) is 0 Å². The SMILES string of the molecule is CCOC(=O)CCCCCc1ccc(C2Oc3cccc(OC(F)F)c3-c3ccc(CS(N)(=O)=O)cc32)cc1. The molecule has 3 aromatic rings. The predicted octanol–water partition coefficient (Wildman–Crippen LogP) is 5.89. The standard InChI is InChI=1S/C29H31F2NO6S/c1-2-36-26(33)10-5-3-4-7-19-11-14-21(15-12-19)28-23-17-20(18-39(32,34)35)13-16-22(23)27-24(37-28)8-6-9-25(27)38-29(30)31/h6,8-9,11-17,28-29H,2-5,7,10,18H2,1H3,(H2,32,34,35). The summed E-state index contributed by atoms with van der Waals surface area (Å²) in [7, 11) is -3.79. The van der Waals surface area contributed by atoms with Gasteiger partial charge in [0.2, 0.25) is 10.0 Å². The van der Waals surface area contributed by atoms with Crippen LogP contribution in [0.25, 0.3) is 11.1 Å². The number of hydrogen-bond acceptors (Lipinski definition) is 6. The molecule has 2 N–H and O–H groups in total. The number of hydrogen-bond donors (Lipinski definition) is 1. The Morgan fingerprint density at radius 3 is 2.46 bits per heavy atom. The smallest absolute Gasteiger partial charge is 0.387 e. The highest BCUT2D eigenvalue weighted by atomic mass is 32.2. The van der Waals surface area contributed by atoms with Crippen molar-refractivity contribution in [1.29, 1.82) is 0 Å². The van der Waals surface area contributed by atoms with Crippen LogP contribution in [-0.4, -0.2) is 27.6 Å². The lowest BCUT2D eigenvalue weighted by molar-refractivity contribution is -0.143. The van der Waals surface area contributed by atoms with Gasteiger partial charge in [0.1, 0.15) is 17.6 Å². The summed E-state index contributed by atoms with van der Waals surface area (Å²) in [5, 5.41) is 5.26. The molecule has 0 saturated heterocycles. The number of aryl methyl sites for hydroxylation is 1. The highest BCUT2D eigenvalue weighted by molar-refractivity contribution is 7.88. The van der Waals surface area contributed by atoms with Crippen molar-refractivity contribution in [2.45, 2.75) is 57.5 Å². The first-order valence-corrected chi connectivity index (χ1v) is 14.5. The van der Waals surface area contributed by atoms with E-state index in [9.17, 15) is 22.0 Å². The minimum atomic E-state index is -3.79. The third-order valence-corrected chi connectivity index (χ3v) is 7.15. The number of sulfonamides is 1. The topological polar surface area (TPSA) is 105 Å². The molecule has 0 aliphatic carbocycles. The van der Waals surface area contributed by atoms with E-state index in [0.717, 1.165) is 36.8 Å². The molecule has 0 fully saturated rings. The Morgan fingerprint density at radius 1 is 1.03 bits per heavy atom. The molecule has 4 rings (SSSR count). The van der Waals surface area contributed by atoms with E-state index >= 15 is 0 Å². The van der Waals surface area contributed by atoms with E-state index in [1.165, 1.54) is 6.07 Å². The largest absolute Gasteiger partial charge is 0.480 e. The van der Waals surface area contributed by atoms with Crippen LogP contribution in [-0.2, 0) is 31.7 Å². The van der Waals surface area contributed by atoms with E-state index in [0.29, 0.717) is 41.0 Å². The molecule has 1 unspecified atom stereocenters. The van der Waals surface area contributed by atoms with Crippen LogP contribution in [0.3, 0.4) is 0 Å². The Morgan fingerprint density at radius 2 is 1.77 bits per heavy atom. The fourth-order valence-electron chi connectivity index (χ4n) is 4.75. The molecule has 0 amide bonds. The van der Waals surface area contributed by atoms with Crippen LogP contribution in [0.4, 0.5) is 8.78 Å². The summed E-state index contributed by atoms with van der Waals surface area (Å²) in [6.07, 6.45) is 3.28. The maximum absolute atomic E-state index is 13.1. The summed E-state index contributed by atoms with van der Waals surface area (Å²) in [5.41, 5.74) is 4.02. The fraction of sp³-hybridized carbons (Fsp3) is 0.345. The van der Waals surface area contributed by atoms with E-state index in [2.05, 4.69) is 0 Å². The van der Waals surface area contributed by atoms with Crippen molar-refractivity contribution in [1.82, 2.24) is 0 Å². The summed E-state index contributed by atoms with van der Waals surface area (Å²) in [6.45, 7) is -0.832. The second kappa shape index (κ2) is 12.6. The Hall–Kier alpha value is -3.50. The molecule has 1 heterocycles. The van der Waals surface area contributed by atoms with Gasteiger partial charge in [-0.05, 0) is 60.6 Å². The Balaban J connectivity index is 1.57. The highest BCUT2D eigenvalue weighted by Crippen LogP contribution is 2.49. The first-order valence-electron chi connectivity index (χ1n) is 12.8. The number of fused-ring (bicyclic) bond motifs is 3. The molecule has 1 aliphatic heterocycles. The number of benzene rings is 3. The number of nitrogens with two attached hydrogens (primary N) is 1. The van der Waals surface area contributed by atoms with E-state index in [1.807, 2.05) is 24.3 Å². The number of alkyl halides is 2. The number of ether oxygens (including phenoxy) is 3. The molecule has 0 aromatic heterocycles. The van der Waals surface area contributed by atoms with Gasteiger partial charge in [-0.3, -0.25) is 4.79 Å². The van der Waals surface area contributed by atoms with Crippen molar-refractivity contribution in [2.75, 3.05) is 6.61 Å². The van der Waals surface area contributed by atoms with Gasteiger partial charge >= 0.3 is 12.6 Å². The predicted molar refractivity (Wildman–Crippen MR) is 143 cm³/mol. The minimum Gasteiger partial charge on any atom is -0.480 e. The van der Waals surface area contributed by atoms with Crippen molar-refractivity contribution in [2.24, 2.45) is 5.14 Å². The number of halogens is 2. The van der Waals surface area contributed by atoms with Gasteiger partial charge in [0, 0.05) is 12.0 Å². The molecule has 0 saturated carbocycles.